The molecule has 0 radical (unpaired) electrons. The minimum absolute atomic E-state index is 0.0258. The molecule has 0 aliphatic heterocycles. The summed E-state index contributed by atoms with van der Waals surface area (Å²) in [5.74, 6) is -0.416. The zero-order chi connectivity index (χ0) is 14.5. The first-order valence-corrected chi connectivity index (χ1v) is 5.86. The molecule has 6 nitrogen and oxygen atoms in total. The number of nitrogens with zero attached hydrogens (tertiary/aromatic N) is 2. The maximum atomic E-state index is 11.8. The number of aromatic nitrogens is 1. The fourth-order valence-electron chi connectivity index (χ4n) is 1.56. The molecule has 0 saturated heterocycles. The van der Waals surface area contributed by atoms with Gasteiger partial charge >= 0.3 is 0 Å². The average Bonchev–Trinajstić information content (AvgIpc) is 2.44. The van der Waals surface area contributed by atoms with Crippen molar-refractivity contribution >= 4 is 12.1 Å². The summed E-state index contributed by atoms with van der Waals surface area (Å²) in [4.78, 5) is 23.5. The third-order valence-corrected chi connectivity index (χ3v) is 2.64. The van der Waals surface area contributed by atoms with Crippen LogP contribution < -0.4 is 11.0 Å². The highest BCUT2D eigenvalue weighted by Gasteiger charge is 2.09. The second kappa shape index (κ2) is 5.83. The Morgan fingerprint density at radius 1 is 1.30 bits per heavy atom. The number of carbonyl (C=O) groups is 1. The molecule has 1 amide bonds. The van der Waals surface area contributed by atoms with Crippen LogP contribution in [0.5, 0.6) is 5.75 Å². The number of carbonyl (C=O) groups excluding carboxylic acids is 1. The highest BCUT2D eigenvalue weighted by atomic mass is 16.3. The van der Waals surface area contributed by atoms with Crippen LogP contribution in [0, 0.1) is 0 Å². The van der Waals surface area contributed by atoms with Gasteiger partial charge in [0.2, 0.25) is 0 Å². The third kappa shape index (κ3) is 3.11. The van der Waals surface area contributed by atoms with Crippen molar-refractivity contribution in [1.82, 2.24) is 9.99 Å². The lowest BCUT2D eigenvalue weighted by Crippen LogP contribution is -2.29. The number of benzene rings is 1. The standard InChI is InChI=1S/C14H13N3O3/c1-17-8-2-3-12(14(17)20)13(19)16-15-9-10-4-6-11(18)7-5-10/h2-9,18H,1H3,(H,16,19)/b15-9-. The van der Waals surface area contributed by atoms with E-state index in [0.29, 0.717) is 5.56 Å². The average molecular weight is 271 g/mol. The van der Waals surface area contributed by atoms with Gasteiger partial charge in [-0.3, -0.25) is 9.59 Å². The molecule has 1 heterocycles. The SMILES string of the molecule is Cn1cccc(C(=O)N/N=C\c2ccc(O)cc2)c1=O. The second-order valence-electron chi connectivity index (χ2n) is 4.13. The monoisotopic (exact) mass is 271 g/mol. The van der Waals surface area contributed by atoms with E-state index in [-0.39, 0.29) is 16.9 Å². The number of aryl methyl sites for hydroxylation is 1. The third-order valence-electron chi connectivity index (χ3n) is 2.64. The molecule has 102 valence electrons. The molecule has 0 aliphatic rings. The van der Waals surface area contributed by atoms with Crippen LogP contribution >= 0.6 is 0 Å². The number of hydrogen-bond donors (Lipinski definition) is 2. The molecule has 0 aliphatic carbocycles. The summed E-state index contributed by atoms with van der Waals surface area (Å²) in [7, 11) is 1.57. The number of hydrogen-bond acceptors (Lipinski definition) is 4. The molecule has 1 aromatic carbocycles. The first-order chi connectivity index (χ1) is 9.58. The Hall–Kier alpha value is -2.89. The molecule has 0 saturated carbocycles. The van der Waals surface area contributed by atoms with Crippen molar-refractivity contribution in [3.63, 3.8) is 0 Å². The van der Waals surface area contributed by atoms with Crippen molar-refractivity contribution in [3.8, 4) is 5.75 Å². The quantitative estimate of drug-likeness (QED) is 0.641. The predicted molar refractivity (Wildman–Crippen MR) is 74.9 cm³/mol. The highest BCUT2D eigenvalue weighted by Crippen LogP contribution is 2.07. The second-order valence-corrected chi connectivity index (χ2v) is 4.13. The first-order valence-electron chi connectivity index (χ1n) is 5.86. The molecule has 0 fully saturated rings. The van der Waals surface area contributed by atoms with Gasteiger partial charge in [-0.05, 0) is 42.0 Å². The van der Waals surface area contributed by atoms with Gasteiger partial charge in [0.05, 0.1) is 6.21 Å². The minimum Gasteiger partial charge on any atom is -0.508 e. The van der Waals surface area contributed by atoms with E-state index in [1.54, 1.807) is 31.4 Å². The van der Waals surface area contributed by atoms with Gasteiger partial charge in [-0.25, -0.2) is 5.43 Å². The van der Waals surface area contributed by atoms with Crippen LogP contribution in [-0.2, 0) is 7.05 Å². The van der Waals surface area contributed by atoms with Gasteiger partial charge in [0.25, 0.3) is 11.5 Å². The van der Waals surface area contributed by atoms with Gasteiger partial charge in [-0.15, -0.1) is 0 Å². The van der Waals surface area contributed by atoms with Crippen molar-refractivity contribution in [2.24, 2.45) is 12.1 Å². The lowest BCUT2D eigenvalue weighted by atomic mass is 10.2. The van der Waals surface area contributed by atoms with Gasteiger partial charge in [-0.1, -0.05) is 0 Å². The number of nitrogens with one attached hydrogen (secondary N) is 1. The van der Waals surface area contributed by atoms with E-state index in [4.69, 9.17) is 5.11 Å². The van der Waals surface area contributed by atoms with E-state index >= 15 is 0 Å². The fraction of sp³-hybridized carbons (Fsp3) is 0.0714. The Morgan fingerprint density at radius 2 is 2.00 bits per heavy atom. The minimum atomic E-state index is -0.568. The number of phenols is 1. The molecule has 0 atom stereocenters. The highest BCUT2D eigenvalue weighted by molar-refractivity contribution is 5.94. The topological polar surface area (TPSA) is 83.7 Å². The Morgan fingerprint density at radius 3 is 2.70 bits per heavy atom. The normalized spacial score (nSPS) is 10.7. The summed E-state index contributed by atoms with van der Waals surface area (Å²) in [5, 5.41) is 12.9. The molecule has 2 rings (SSSR count). The molecule has 0 unspecified atom stereocenters. The molecule has 20 heavy (non-hydrogen) atoms. The van der Waals surface area contributed by atoms with E-state index in [9.17, 15) is 9.59 Å². The van der Waals surface area contributed by atoms with E-state index < -0.39 is 5.91 Å². The van der Waals surface area contributed by atoms with Crippen LogP contribution in [0.2, 0.25) is 0 Å². The molecular weight excluding hydrogens is 258 g/mol. The number of aromatic hydroxyl groups is 1. The van der Waals surface area contributed by atoms with Gasteiger partial charge < -0.3 is 9.67 Å². The van der Waals surface area contributed by atoms with Crippen LogP contribution in [0.15, 0.2) is 52.5 Å². The van der Waals surface area contributed by atoms with Crippen LogP contribution in [0.3, 0.4) is 0 Å². The summed E-state index contributed by atoms with van der Waals surface area (Å²) in [6.07, 6.45) is 2.99. The summed E-state index contributed by atoms with van der Waals surface area (Å²) >= 11 is 0. The first kappa shape index (κ1) is 13.5. The Bertz CT molecular complexity index is 702. The molecular formula is C14H13N3O3. The predicted octanol–water partition coefficient (Wildman–Crippen LogP) is 0.855. The smallest absolute Gasteiger partial charge is 0.276 e. The lowest BCUT2D eigenvalue weighted by Gasteiger charge is -2.01. The van der Waals surface area contributed by atoms with Gasteiger partial charge in [0.15, 0.2) is 0 Å². The number of hydrazone groups is 1. The summed E-state index contributed by atoms with van der Waals surface area (Å²) < 4.78 is 1.32. The van der Waals surface area contributed by atoms with Crippen molar-refractivity contribution < 1.29 is 9.90 Å². The molecule has 1 aromatic heterocycles. The van der Waals surface area contributed by atoms with E-state index in [1.807, 2.05) is 0 Å². The molecule has 6 heteroatoms. The van der Waals surface area contributed by atoms with E-state index in [1.165, 1.54) is 29.0 Å². The lowest BCUT2D eigenvalue weighted by molar-refractivity contribution is 0.0953. The van der Waals surface area contributed by atoms with Gasteiger partial charge in [0.1, 0.15) is 11.3 Å². The van der Waals surface area contributed by atoms with Gasteiger partial charge in [0, 0.05) is 13.2 Å². The van der Waals surface area contributed by atoms with Crippen LogP contribution in [0.4, 0.5) is 0 Å². The van der Waals surface area contributed by atoms with Crippen molar-refractivity contribution in [1.29, 1.82) is 0 Å². The summed E-state index contributed by atoms with van der Waals surface area (Å²) in [6, 6.07) is 9.36. The van der Waals surface area contributed by atoms with Crippen molar-refractivity contribution in [3.05, 3.63) is 64.1 Å². The van der Waals surface area contributed by atoms with Crippen LogP contribution in [0.25, 0.3) is 0 Å². The Kier molecular flexibility index (Phi) is 3.95. The summed E-state index contributed by atoms with van der Waals surface area (Å²) in [6.45, 7) is 0. The maximum Gasteiger partial charge on any atom is 0.276 e. The zero-order valence-corrected chi connectivity index (χ0v) is 10.8. The van der Waals surface area contributed by atoms with Crippen LogP contribution in [-0.4, -0.2) is 21.8 Å². The fourth-order valence-corrected chi connectivity index (χ4v) is 1.56. The van der Waals surface area contributed by atoms with Gasteiger partial charge in [-0.2, -0.15) is 5.10 Å². The van der Waals surface area contributed by atoms with Crippen molar-refractivity contribution in [2.45, 2.75) is 0 Å². The van der Waals surface area contributed by atoms with E-state index in [0.717, 1.165) is 0 Å². The van der Waals surface area contributed by atoms with Crippen LogP contribution in [0.1, 0.15) is 15.9 Å². The molecule has 2 aromatic rings. The number of rotatable bonds is 3. The molecule has 0 spiro atoms. The summed E-state index contributed by atoms with van der Waals surface area (Å²) in [5.41, 5.74) is 2.64. The van der Waals surface area contributed by atoms with Crippen molar-refractivity contribution in [2.75, 3.05) is 0 Å². The molecule has 2 N–H and O–H groups in total. The Balaban J connectivity index is 2.07. The number of amides is 1. The molecule has 0 bridgehead atoms. The van der Waals surface area contributed by atoms with E-state index in [2.05, 4.69) is 10.5 Å². The largest absolute Gasteiger partial charge is 0.508 e. The Labute approximate surface area is 115 Å². The number of phenolic OH excluding ortho intramolecular Hbond substituents is 1. The zero-order valence-electron chi connectivity index (χ0n) is 10.8. The maximum absolute atomic E-state index is 11.8. The number of pyridine rings is 1.